The predicted molar refractivity (Wildman–Crippen MR) is 96.4 cm³/mol. The van der Waals surface area contributed by atoms with Crippen LogP contribution in [0.3, 0.4) is 0 Å². The molecular formula is C18H19N3O6. The molecule has 0 N–H and O–H groups in total. The standard InChI is InChI=1S/C18H19N3O6/c1-19-12(10-15(22)20(2)17(19)24)11-26-16(23)8-5-9-21-13-6-3-4-7-14(13)27-18(21)25/h3-4,6-7,10H,5,8-9,11H2,1-2H3. The molecule has 0 saturated carbocycles. The molecule has 9 heteroatoms. The van der Waals surface area contributed by atoms with Crippen LogP contribution in [0.15, 0.2) is 49.1 Å². The number of carbonyl (C=O) groups is 1. The lowest BCUT2D eigenvalue weighted by molar-refractivity contribution is -0.145. The van der Waals surface area contributed by atoms with Crippen LogP contribution >= 0.6 is 0 Å². The molecule has 0 amide bonds. The number of para-hydroxylation sites is 2. The number of fused-ring (bicyclic) bond motifs is 1. The lowest BCUT2D eigenvalue weighted by atomic mass is 10.3. The molecule has 3 rings (SSSR count). The first kappa shape index (κ1) is 18.4. The molecule has 9 nitrogen and oxygen atoms in total. The molecule has 2 aromatic heterocycles. The molecular weight excluding hydrogens is 354 g/mol. The van der Waals surface area contributed by atoms with Crippen molar-refractivity contribution in [2.45, 2.75) is 26.0 Å². The number of hydrogen-bond acceptors (Lipinski definition) is 6. The molecule has 0 bridgehead atoms. The summed E-state index contributed by atoms with van der Waals surface area (Å²) in [5.74, 6) is -0.955. The van der Waals surface area contributed by atoms with E-state index in [4.69, 9.17) is 9.15 Å². The number of benzene rings is 1. The Labute approximate surface area is 153 Å². The van der Waals surface area contributed by atoms with Crippen molar-refractivity contribution >= 4 is 17.1 Å². The minimum atomic E-state index is -0.486. The van der Waals surface area contributed by atoms with Crippen LogP contribution < -0.4 is 17.0 Å². The van der Waals surface area contributed by atoms with Crippen LogP contribution in [0.2, 0.25) is 0 Å². The Balaban J connectivity index is 1.58. The normalized spacial score (nSPS) is 11.0. The zero-order valence-electron chi connectivity index (χ0n) is 15.0. The van der Waals surface area contributed by atoms with Gasteiger partial charge in [-0.25, -0.2) is 9.59 Å². The maximum atomic E-state index is 11.9. The molecule has 1 aromatic carbocycles. The third-order valence-electron chi connectivity index (χ3n) is 4.34. The first-order valence-electron chi connectivity index (χ1n) is 8.38. The van der Waals surface area contributed by atoms with Crippen LogP contribution in [0, 0.1) is 0 Å². The van der Waals surface area contributed by atoms with Crippen molar-refractivity contribution in [2.75, 3.05) is 0 Å². The average molecular weight is 373 g/mol. The fourth-order valence-electron chi connectivity index (χ4n) is 2.75. The molecule has 0 aliphatic carbocycles. The number of oxazole rings is 1. The molecule has 0 saturated heterocycles. The molecule has 2 heterocycles. The molecule has 0 aliphatic heterocycles. The number of rotatable bonds is 6. The Morgan fingerprint density at radius 3 is 2.63 bits per heavy atom. The SMILES string of the molecule is Cn1c(COC(=O)CCCn2c(=O)oc3ccccc32)cc(=O)n(C)c1=O. The number of esters is 1. The van der Waals surface area contributed by atoms with Crippen molar-refractivity contribution in [3.63, 3.8) is 0 Å². The number of ether oxygens (including phenoxy) is 1. The average Bonchev–Trinajstić information content (AvgIpc) is 2.97. The van der Waals surface area contributed by atoms with E-state index in [1.54, 1.807) is 24.3 Å². The van der Waals surface area contributed by atoms with Crippen molar-refractivity contribution in [1.29, 1.82) is 0 Å². The van der Waals surface area contributed by atoms with Gasteiger partial charge in [-0.05, 0) is 18.6 Å². The summed E-state index contributed by atoms with van der Waals surface area (Å²) >= 11 is 0. The van der Waals surface area contributed by atoms with Crippen LogP contribution in [0.25, 0.3) is 11.1 Å². The molecule has 0 atom stereocenters. The molecule has 27 heavy (non-hydrogen) atoms. The highest BCUT2D eigenvalue weighted by Crippen LogP contribution is 2.12. The smallest absolute Gasteiger partial charge is 0.419 e. The predicted octanol–water partition coefficient (Wildman–Crippen LogP) is 0.515. The van der Waals surface area contributed by atoms with Crippen molar-refractivity contribution in [2.24, 2.45) is 14.1 Å². The summed E-state index contributed by atoms with van der Waals surface area (Å²) in [5, 5.41) is 0. The summed E-state index contributed by atoms with van der Waals surface area (Å²) in [6.45, 7) is 0.143. The highest BCUT2D eigenvalue weighted by molar-refractivity contribution is 5.72. The van der Waals surface area contributed by atoms with Gasteiger partial charge in [0.1, 0.15) is 6.61 Å². The van der Waals surface area contributed by atoms with Gasteiger partial charge < -0.3 is 9.15 Å². The van der Waals surface area contributed by atoms with Gasteiger partial charge in [-0.15, -0.1) is 0 Å². The van der Waals surface area contributed by atoms with E-state index in [2.05, 4.69) is 0 Å². The van der Waals surface area contributed by atoms with Crippen LogP contribution in [0.5, 0.6) is 0 Å². The van der Waals surface area contributed by atoms with E-state index in [9.17, 15) is 19.2 Å². The lowest BCUT2D eigenvalue weighted by Gasteiger charge is -2.10. The Kier molecular flexibility index (Phi) is 5.11. The maximum absolute atomic E-state index is 11.9. The van der Waals surface area contributed by atoms with Crippen molar-refractivity contribution < 1.29 is 13.9 Å². The van der Waals surface area contributed by atoms with Crippen LogP contribution in [0.4, 0.5) is 0 Å². The zero-order chi connectivity index (χ0) is 19.6. The minimum Gasteiger partial charge on any atom is -0.459 e. The lowest BCUT2D eigenvalue weighted by Crippen LogP contribution is -2.38. The van der Waals surface area contributed by atoms with Crippen LogP contribution in [0.1, 0.15) is 18.5 Å². The van der Waals surface area contributed by atoms with E-state index < -0.39 is 23.0 Å². The summed E-state index contributed by atoms with van der Waals surface area (Å²) in [6.07, 6.45) is 0.475. The van der Waals surface area contributed by atoms with Crippen LogP contribution in [-0.4, -0.2) is 19.7 Å². The van der Waals surface area contributed by atoms with E-state index in [1.807, 2.05) is 0 Å². The summed E-state index contributed by atoms with van der Waals surface area (Å²) in [5.41, 5.74) is 0.534. The maximum Gasteiger partial charge on any atom is 0.419 e. The van der Waals surface area contributed by atoms with E-state index >= 15 is 0 Å². The molecule has 142 valence electrons. The van der Waals surface area contributed by atoms with Crippen molar-refractivity contribution in [3.8, 4) is 0 Å². The summed E-state index contributed by atoms with van der Waals surface area (Å²) < 4.78 is 14.0. The number of aromatic nitrogens is 3. The van der Waals surface area contributed by atoms with Gasteiger partial charge >= 0.3 is 17.4 Å². The molecule has 0 spiro atoms. The fourth-order valence-corrected chi connectivity index (χ4v) is 2.75. The monoisotopic (exact) mass is 373 g/mol. The van der Waals surface area contributed by atoms with Gasteiger partial charge in [-0.3, -0.25) is 23.3 Å². The van der Waals surface area contributed by atoms with Gasteiger partial charge in [0.2, 0.25) is 0 Å². The number of carbonyl (C=O) groups excluding carboxylic acids is 1. The molecule has 0 radical (unpaired) electrons. The second kappa shape index (κ2) is 7.48. The van der Waals surface area contributed by atoms with E-state index in [0.717, 1.165) is 4.57 Å². The summed E-state index contributed by atoms with van der Waals surface area (Å²) in [6, 6.07) is 8.31. The van der Waals surface area contributed by atoms with Crippen molar-refractivity contribution in [3.05, 3.63) is 67.4 Å². The minimum absolute atomic E-state index is 0.0880. The third kappa shape index (κ3) is 3.76. The fraction of sp³-hybridized carbons (Fsp3) is 0.333. The zero-order valence-corrected chi connectivity index (χ0v) is 15.0. The Bertz CT molecular complexity index is 1160. The largest absolute Gasteiger partial charge is 0.459 e. The Morgan fingerprint density at radius 1 is 1.11 bits per heavy atom. The van der Waals surface area contributed by atoms with Gasteiger partial charge in [0.05, 0.1) is 11.2 Å². The van der Waals surface area contributed by atoms with Gasteiger partial charge in [-0.1, -0.05) is 12.1 Å². The summed E-state index contributed by atoms with van der Waals surface area (Å²) in [4.78, 5) is 47.3. The third-order valence-corrected chi connectivity index (χ3v) is 4.34. The molecule has 3 aromatic rings. The van der Waals surface area contributed by atoms with Crippen molar-refractivity contribution in [1.82, 2.24) is 13.7 Å². The topological polar surface area (TPSA) is 105 Å². The number of hydrogen-bond donors (Lipinski definition) is 0. The van der Waals surface area contributed by atoms with Crippen LogP contribution in [-0.2, 0) is 36.8 Å². The molecule has 0 aliphatic rings. The Morgan fingerprint density at radius 2 is 1.85 bits per heavy atom. The van der Waals surface area contributed by atoms with E-state index in [0.29, 0.717) is 29.8 Å². The molecule has 0 unspecified atom stereocenters. The van der Waals surface area contributed by atoms with Gasteiger partial charge in [0, 0.05) is 33.1 Å². The number of aryl methyl sites for hydroxylation is 1. The Hall–Kier alpha value is -3.36. The highest BCUT2D eigenvalue weighted by Gasteiger charge is 2.11. The number of nitrogens with zero attached hydrogens (tertiary/aromatic N) is 3. The molecule has 0 fully saturated rings. The highest BCUT2D eigenvalue weighted by atomic mass is 16.5. The van der Waals surface area contributed by atoms with E-state index in [1.165, 1.54) is 29.3 Å². The van der Waals surface area contributed by atoms with Gasteiger partial charge in [0.15, 0.2) is 5.58 Å². The summed E-state index contributed by atoms with van der Waals surface area (Å²) in [7, 11) is 2.88. The second-order valence-corrected chi connectivity index (χ2v) is 6.13. The van der Waals surface area contributed by atoms with Gasteiger partial charge in [-0.2, -0.15) is 0 Å². The van der Waals surface area contributed by atoms with Gasteiger partial charge in [0.25, 0.3) is 5.56 Å². The van der Waals surface area contributed by atoms with E-state index in [-0.39, 0.29) is 13.0 Å². The first-order chi connectivity index (χ1) is 12.9. The first-order valence-corrected chi connectivity index (χ1v) is 8.38. The quantitative estimate of drug-likeness (QED) is 0.583. The second-order valence-electron chi connectivity index (χ2n) is 6.13.